The van der Waals surface area contributed by atoms with E-state index in [1.54, 1.807) is 0 Å². The van der Waals surface area contributed by atoms with E-state index >= 15 is 0 Å². The molecular formula is C19H21N3O2S. The Bertz CT molecular complexity index is 891. The van der Waals surface area contributed by atoms with Crippen LogP contribution in [0.3, 0.4) is 0 Å². The summed E-state index contributed by atoms with van der Waals surface area (Å²) in [5.41, 5.74) is 1.88. The number of carbonyl (C=O) groups excluding carboxylic acids is 1. The molecule has 3 rings (SSSR count). The zero-order valence-corrected chi connectivity index (χ0v) is 15.4. The fourth-order valence-corrected chi connectivity index (χ4v) is 3.95. The summed E-state index contributed by atoms with van der Waals surface area (Å²) in [7, 11) is 0. The van der Waals surface area contributed by atoms with Crippen molar-refractivity contribution in [1.29, 1.82) is 0 Å². The Morgan fingerprint density at radius 3 is 2.68 bits per heavy atom. The molecule has 0 saturated carbocycles. The first kappa shape index (κ1) is 17.4. The van der Waals surface area contributed by atoms with Crippen LogP contribution in [-0.2, 0) is 0 Å². The van der Waals surface area contributed by atoms with Crippen LogP contribution in [0.25, 0.3) is 10.2 Å². The van der Waals surface area contributed by atoms with E-state index in [9.17, 15) is 4.79 Å². The molecule has 130 valence electrons. The zero-order chi connectivity index (χ0) is 17.8. The van der Waals surface area contributed by atoms with Crippen molar-refractivity contribution in [3.05, 3.63) is 52.3 Å². The Kier molecular flexibility index (Phi) is 5.28. The molecule has 1 amide bonds. The normalized spacial score (nSPS) is 10.8. The molecule has 0 aliphatic heterocycles. The molecule has 0 unspecified atom stereocenters. The largest absolute Gasteiger partial charge is 0.494 e. The van der Waals surface area contributed by atoms with Crippen molar-refractivity contribution >= 4 is 27.5 Å². The fourth-order valence-electron chi connectivity index (χ4n) is 2.75. The molecule has 0 aliphatic carbocycles. The third kappa shape index (κ3) is 3.96. The number of nitrogens with one attached hydrogen (secondary N) is 1. The number of thiophene rings is 1. The second kappa shape index (κ2) is 7.61. The molecule has 1 N–H and O–H groups in total. The maximum Gasteiger partial charge on any atom is 0.261 e. The molecule has 0 atom stereocenters. The van der Waals surface area contributed by atoms with E-state index in [2.05, 4.69) is 15.3 Å². The summed E-state index contributed by atoms with van der Waals surface area (Å²) >= 11 is 1.43. The molecule has 0 bridgehead atoms. The van der Waals surface area contributed by atoms with Crippen molar-refractivity contribution in [2.24, 2.45) is 0 Å². The first-order valence-electron chi connectivity index (χ1n) is 8.26. The van der Waals surface area contributed by atoms with Crippen LogP contribution in [0.15, 0.2) is 30.3 Å². The quantitative estimate of drug-likeness (QED) is 0.683. The minimum Gasteiger partial charge on any atom is -0.494 e. The Morgan fingerprint density at radius 1 is 1.16 bits per heavy atom. The van der Waals surface area contributed by atoms with Crippen LogP contribution in [0.2, 0.25) is 0 Å². The third-order valence-corrected chi connectivity index (χ3v) is 5.09. The minimum absolute atomic E-state index is 0.0581. The molecule has 3 aromatic rings. The maximum atomic E-state index is 12.5. The summed E-state index contributed by atoms with van der Waals surface area (Å²) in [5, 5.41) is 3.96. The second-order valence-electron chi connectivity index (χ2n) is 5.86. The van der Waals surface area contributed by atoms with Crippen LogP contribution in [0, 0.1) is 20.8 Å². The molecule has 6 heteroatoms. The number of fused-ring (bicyclic) bond motifs is 1. The highest BCUT2D eigenvalue weighted by Crippen LogP contribution is 2.31. The molecule has 0 fully saturated rings. The lowest BCUT2D eigenvalue weighted by molar-refractivity contribution is 0.0955. The number of aromatic nitrogens is 2. The summed E-state index contributed by atoms with van der Waals surface area (Å²) in [6, 6.07) is 9.67. The molecule has 0 aliphatic rings. The Morgan fingerprint density at radius 2 is 1.92 bits per heavy atom. The van der Waals surface area contributed by atoms with Crippen molar-refractivity contribution in [3.63, 3.8) is 0 Å². The molecule has 2 aromatic heterocycles. The monoisotopic (exact) mass is 355 g/mol. The average Bonchev–Trinajstić information content (AvgIpc) is 2.92. The first-order chi connectivity index (χ1) is 12.1. The molecule has 25 heavy (non-hydrogen) atoms. The van der Waals surface area contributed by atoms with Crippen LogP contribution >= 0.6 is 11.3 Å². The van der Waals surface area contributed by atoms with E-state index in [0.717, 1.165) is 39.5 Å². The molecule has 0 spiro atoms. The van der Waals surface area contributed by atoms with E-state index in [1.165, 1.54) is 11.3 Å². The minimum atomic E-state index is -0.0581. The molecule has 0 saturated heterocycles. The number of carbonyl (C=O) groups is 1. The smallest absolute Gasteiger partial charge is 0.261 e. The SMILES string of the molecule is Cc1nc(C)c2c(C)c(C(=O)NCCCOc3ccccc3)sc2n1. The van der Waals surface area contributed by atoms with Gasteiger partial charge in [0.1, 0.15) is 16.4 Å². The highest BCUT2D eigenvalue weighted by molar-refractivity contribution is 7.20. The maximum absolute atomic E-state index is 12.5. The van der Waals surface area contributed by atoms with Gasteiger partial charge in [-0.15, -0.1) is 11.3 Å². The summed E-state index contributed by atoms with van der Waals surface area (Å²) in [6.45, 7) is 6.92. The lowest BCUT2D eigenvalue weighted by atomic mass is 10.1. The number of rotatable bonds is 6. The van der Waals surface area contributed by atoms with Crippen molar-refractivity contribution in [2.45, 2.75) is 27.2 Å². The van der Waals surface area contributed by atoms with Gasteiger partial charge in [0.25, 0.3) is 5.91 Å². The molecule has 5 nitrogen and oxygen atoms in total. The van der Waals surface area contributed by atoms with E-state index in [1.807, 2.05) is 51.1 Å². The fraction of sp³-hybridized carbons (Fsp3) is 0.316. The lowest BCUT2D eigenvalue weighted by Gasteiger charge is -2.07. The Labute approximate surface area is 151 Å². The summed E-state index contributed by atoms with van der Waals surface area (Å²) in [5.74, 6) is 1.52. The van der Waals surface area contributed by atoms with Gasteiger partial charge in [-0.3, -0.25) is 4.79 Å². The Hall–Kier alpha value is -2.47. The van der Waals surface area contributed by atoms with E-state index in [-0.39, 0.29) is 5.91 Å². The van der Waals surface area contributed by atoms with Crippen LogP contribution in [0.5, 0.6) is 5.75 Å². The van der Waals surface area contributed by atoms with Gasteiger partial charge in [0, 0.05) is 17.6 Å². The van der Waals surface area contributed by atoms with Gasteiger partial charge in [0.15, 0.2) is 0 Å². The van der Waals surface area contributed by atoms with Crippen LogP contribution in [0.4, 0.5) is 0 Å². The topological polar surface area (TPSA) is 64.1 Å². The van der Waals surface area contributed by atoms with Crippen LogP contribution in [0.1, 0.15) is 33.2 Å². The number of nitrogens with zero attached hydrogens (tertiary/aromatic N) is 2. The van der Waals surface area contributed by atoms with Crippen molar-refractivity contribution in [2.75, 3.05) is 13.2 Å². The van der Waals surface area contributed by atoms with Gasteiger partial charge in [0.05, 0.1) is 11.5 Å². The summed E-state index contributed by atoms with van der Waals surface area (Å²) in [4.78, 5) is 22.9. The van der Waals surface area contributed by atoms with Crippen molar-refractivity contribution in [1.82, 2.24) is 15.3 Å². The van der Waals surface area contributed by atoms with Crippen molar-refractivity contribution in [3.8, 4) is 5.75 Å². The van der Waals surface area contributed by atoms with Crippen LogP contribution < -0.4 is 10.1 Å². The standard InChI is InChI=1S/C19H21N3O2S/c1-12-16-13(2)21-14(3)22-19(16)25-17(12)18(23)20-10-7-11-24-15-8-5-4-6-9-15/h4-6,8-9H,7,10-11H2,1-3H3,(H,20,23). The van der Waals surface area contributed by atoms with Gasteiger partial charge >= 0.3 is 0 Å². The van der Waals surface area contributed by atoms with E-state index < -0.39 is 0 Å². The second-order valence-corrected chi connectivity index (χ2v) is 6.86. The number of hydrogen-bond donors (Lipinski definition) is 1. The van der Waals surface area contributed by atoms with Crippen molar-refractivity contribution < 1.29 is 9.53 Å². The van der Waals surface area contributed by atoms with Crippen LogP contribution in [-0.4, -0.2) is 29.0 Å². The molecule has 1 aromatic carbocycles. The highest BCUT2D eigenvalue weighted by Gasteiger charge is 2.18. The number of hydrogen-bond acceptors (Lipinski definition) is 5. The zero-order valence-electron chi connectivity index (χ0n) is 14.6. The highest BCUT2D eigenvalue weighted by atomic mass is 32.1. The summed E-state index contributed by atoms with van der Waals surface area (Å²) in [6.07, 6.45) is 0.752. The number of para-hydroxylation sites is 1. The average molecular weight is 355 g/mol. The number of aryl methyl sites for hydroxylation is 3. The summed E-state index contributed by atoms with van der Waals surface area (Å²) < 4.78 is 5.63. The molecular weight excluding hydrogens is 334 g/mol. The lowest BCUT2D eigenvalue weighted by Crippen LogP contribution is -2.25. The first-order valence-corrected chi connectivity index (χ1v) is 9.08. The van der Waals surface area contributed by atoms with E-state index in [0.29, 0.717) is 18.0 Å². The molecule has 0 radical (unpaired) electrons. The van der Waals surface area contributed by atoms with Gasteiger partial charge in [0.2, 0.25) is 0 Å². The third-order valence-electron chi connectivity index (χ3n) is 3.91. The van der Waals surface area contributed by atoms with Gasteiger partial charge in [-0.05, 0) is 44.9 Å². The number of ether oxygens (including phenoxy) is 1. The van der Waals surface area contributed by atoms with Gasteiger partial charge in [-0.25, -0.2) is 9.97 Å². The predicted molar refractivity (Wildman–Crippen MR) is 101 cm³/mol. The van der Waals surface area contributed by atoms with E-state index in [4.69, 9.17) is 4.74 Å². The predicted octanol–water partition coefficient (Wildman–Crippen LogP) is 3.82. The molecule has 2 heterocycles. The number of amides is 1. The van der Waals surface area contributed by atoms with Gasteiger partial charge in [-0.2, -0.15) is 0 Å². The van der Waals surface area contributed by atoms with Gasteiger partial charge in [-0.1, -0.05) is 18.2 Å². The van der Waals surface area contributed by atoms with Gasteiger partial charge < -0.3 is 10.1 Å². The Balaban J connectivity index is 1.57. The number of benzene rings is 1.